The molecule has 0 aliphatic heterocycles. The fraction of sp³-hybridized carbons (Fsp3) is 0.320. The van der Waals surface area contributed by atoms with Crippen molar-refractivity contribution >= 4 is 5.91 Å². The fourth-order valence-corrected chi connectivity index (χ4v) is 3.02. The zero-order chi connectivity index (χ0) is 20.7. The third-order valence-corrected chi connectivity index (χ3v) is 4.50. The van der Waals surface area contributed by atoms with Crippen molar-refractivity contribution in [2.24, 2.45) is 0 Å². The average molecular weight is 394 g/mol. The Labute approximate surface area is 174 Å². The van der Waals surface area contributed by atoms with Gasteiger partial charge >= 0.3 is 0 Å². The summed E-state index contributed by atoms with van der Waals surface area (Å²) < 4.78 is 10.9. The second kappa shape index (κ2) is 13.5. The lowest BCUT2D eigenvalue weighted by Gasteiger charge is -2.18. The van der Waals surface area contributed by atoms with Gasteiger partial charge in [0.1, 0.15) is 6.79 Å². The van der Waals surface area contributed by atoms with Crippen LogP contribution in [-0.2, 0) is 27.1 Å². The molecule has 4 heteroatoms. The molecule has 2 aromatic carbocycles. The molecule has 0 aromatic heterocycles. The highest BCUT2D eigenvalue weighted by Gasteiger charge is 2.12. The molecule has 4 nitrogen and oxygen atoms in total. The highest BCUT2D eigenvalue weighted by molar-refractivity contribution is 5.77. The molecule has 0 fully saturated rings. The minimum Gasteiger partial charge on any atom is -0.359 e. The Morgan fingerprint density at radius 3 is 2.31 bits per heavy atom. The van der Waals surface area contributed by atoms with E-state index in [1.165, 1.54) is 11.1 Å². The summed E-state index contributed by atoms with van der Waals surface area (Å²) in [6.45, 7) is 3.87. The van der Waals surface area contributed by atoms with Crippen molar-refractivity contribution in [2.45, 2.75) is 37.8 Å². The summed E-state index contributed by atoms with van der Waals surface area (Å²) in [6, 6.07) is 20.4. The molecule has 2 aromatic rings. The quantitative estimate of drug-likeness (QED) is 0.403. The summed E-state index contributed by atoms with van der Waals surface area (Å²) in [6.07, 6.45) is 8.29. The summed E-state index contributed by atoms with van der Waals surface area (Å²) in [5, 5.41) is 3.08. The van der Waals surface area contributed by atoms with E-state index in [1.807, 2.05) is 48.6 Å². The predicted molar refractivity (Wildman–Crippen MR) is 118 cm³/mol. The van der Waals surface area contributed by atoms with Crippen LogP contribution < -0.4 is 5.32 Å². The third-order valence-electron chi connectivity index (χ3n) is 4.50. The number of carbonyl (C=O) groups is 1. The molecule has 0 aliphatic carbocycles. The first kappa shape index (κ1) is 22.6. The number of nitrogens with one attached hydrogen (secondary N) is 1. The highest BCUT2D eigenvalue weighted by atomic mass is 16.7. The van der Waals surface area contributed by atoms with Crippen LogP contribution in [0.3, 0.4) is 0 Å². The summed E-state index contributed by atoms with van der Waals surface area (Å²) in [4.78, 5) is 12.1. The van der Waals surface area contributed by atoms with Gasteiger partial charge < -0.3 is 14.8 Å². The summed E-state index contributed by atoms with van der Waals surface area (Å²) in [7, 11) is 1.61. The van der Waals surface area contributed by atoms with Crippen molar-refractivity contribution in [3.05, 3.63) is 96.6 Å². The van der Waals surface area contributed by atoms with Crippen molar-refractivity contribution in [3.8, 4) is 0 Å². The fourth-order valence-electron chi connectivity index (χ4n) is 3.02. The Balaban J connectivity index is 2.05. The van der Waals surface area contributed by atoms with E-state index in [0.717, 1.165) is 19.3 Å². The van der Waals surface area contributed by atoms with E-state index in [2.05, 4.69) is 36.2 Å². The maximum absolute atomic E-state index is 12.1. The van der Waals surface area contributed by atoms with Crippen LogP contribution in [0.5, 0.6) is 0 Å². The summed E-state index contributed by atoms with van der Waals surface area (Å²) in [5.74, 6) is -0.0277. The van der Waals surface area contributed by atoms with Gasteiger partial charge in [-0.3, -0.25) is 4.79 Å². The molecule has 0 unspecified atom stereocenters. The Kier molecular flexibility index (Phi) is 10.5. The number of hydrogen-bond acceptors (Lipinski definition) is 3. The van der Waals surface area contributed by atoms with Crippen molar-refractivity contribution < 1.29 is 14.3 Å². The predicted octanol–water partition coefficient (Wildman–Crippen LogP) is 4.47. The van der Waals surface area contributed by atoms with E-state index in [4.69, 9.17) is 9.47 Å². The zero-order valence-corrected chi connectivity index (χ0v) is 17.1. The number of benzene rings is 2. The summed E-state index contributed by atoms with van der Waals surface area (Å²) in [5.41, 5.74) is 2.44. The smallest absolute Gasteiger partial charge is 0.224 e. The largest absolute Gasteiger partial charge is 0.359 e. The molecule has 29 heavy (non-hydrogen) atoms. The minimum atomic E-state index is -0.132. The lowest BCUT2D eigenvalue weighted by molar-refractivity contribution is -0.120. The van der Waals surface area contributed by atoms with Gasteiger partial charge in [0, 0.05) is 26.0 Å². The topological polar surface area (TPSA) is 47.6 Å². The number of ether oxygens (including phenoxy) is 2. The van der Waals surface area contributed by atoms with Gasteiger partial charge in [-0.1, -0.05) is 78.9 Å². The van der Waals surface area contributed by atoms with Crippen LogP contribution in [-0.4, -0.2) is 32.0 Å². The van der Waals surface area contributed by atoms with Crippen LogP contribution in [0, 0.1) is 0 Å². The molecule has 2 atom stereocenters. The van der Waals surface area contributed by atoms with Crippen LogP contribution >= 0.6 is 0 Å². The number of rotatable bonds is 13. The van der Waals surface area contributed by atoms with Gasteiger partial charge in [-0.15, -0.1) is 6.58 Å². The van der Waals surface area contributed by atoms with Gasteiger partial charge in [-0.05, 0) is 24.0 Å². The first-order valence-corrected chi connectivity index (χ1v) is 9.98. The van der Waals surface area contributed by atoms with Gasteiger partial charge in [0.15, 0.2) is 0 Å². The zero-order valence-electron chi connectivity index (χ0n) is 17.1. The SMILES string of the molecule is C=CCC(=O)N[C@@H](/C=C/[C@H](Cc1ccccc1)OCOC)CCc1ccccc1. The lowest BCUT2D eigenvalue weighted by atomic mass is 10.0. The van der Waals surface area contributed by atoms with Crippen LogP contribution in [0.15, 0.2) is 85.5 Å². The Hall–Kier alpha value is -2.69. The lowest BCUT2D eigenvalue weighted by Crippen LogP contribution is -2.33. The molecule has 0 bridgehead atoms. The molecule has 0 aliphatic rings. The molecule has 154 valence electrons. The maximum atomic E-state index is 12.1. The molecule has 0 radical (unpaired) electrons. The molecular weight excluding hydrogens is 362 g/mol. The average Bonchev–Trinajstić information content (AvgIpc) is 2.75. The number of methoxy groups -OCH3 is 1. The third kappa shape index (κ3) is 9.37. The summed E-state index contributed by atoms with van der Waals surface area (Å²) >= 11 is 0. The Morgan fingerprint density at radius 1 is 1.03 bits per heavy atom. The number of aryl methyl sites for hydroxylation is 1. The molecule has 2 rings (SSSR count). The monoisotopic (exact) mass is 393 g/mol. The van der Waals surface area contributed by atoms with Gasteiger partial charge in [0.25, 0.3) is 0 Å². The van der Waals surface area contributed by atoms with E-state index >= 15 is 0 Å². The Morgan fingerprint density at radius 2 is 1.69 bits per heavy atom. The molecule has 0 saturated heterocycles. The molecular formula is C25H31NO3. The highest BCUT2D eigenvalue weighted by Crippen LogP contribution is 2.11. The molecule has 0 saturated carbocycles. The van der Waals surface area contributed by atoms with Gasteiger partial charge in [-0.2, -0.15) is 0 Å². The number of carbonyl (C=O) groups excluding carboxylic acids is 1. The van der Waals surface area contributed by atoms with Crippen molar-refractivity contribution in [1.29, 1.82) is 0 Å². The molecule has 1 amide bonds. The Bertz CT molecular complexity index is 743. The van der Waals surface area contributed by atoms with E-state index in [9.17, 15) is 4.79 Å². The van der Waals surface area contributed by atoms with E-state index < -0.39 is 0 Å². The molecule has 1 N–H and O–H groups in total. The van der Waals surface area contributed by atoms with Gasteiger partial charge in [0.2, 0.25) is 5.91 Å². The van der Waals surface area contributed by atoms with Crippen LogP contribution in [0.4, 0.5) is 0 Å². The van der Waals surface area contributed by atoms with E-state index in [1.54, 1.807) is 13.2 Å². The minimum absolute atomic E-state index is 0.0277. The van der Waals surface area contributed by atoms with Gasteiger partial charge in [-0.25, -0.2) is 0 Å². The maximum Gasteiger partial charge on any atom is 0.224 e. The first-order valence-electron chi connectivity index (χ1n) is 9.98. The van der Waals surface area contributed by atoms with Crippen LogP contribution in [0.1, 0.15) is 24.0 Å². The van der Waals surface area contributed by atoms with Crippen molar-refractivity contribution in [1.82, 2.24) is 5.32 Å². The van der Waals surface area contributed by atoms with E-state index in [-0.39, 0.29) is 24.8 Å². The molecule has 0 spiro atoms. The first-order chi connectivity index (χ1) is 14.2. The second-order valence-corrected chi connectivity index (χ2v) is 6.88. The normalized spacial score (nSPS) is 13.1. The number of hydrogen-bond donors (Lipinski definition) is 1. The second-order valence-electron chi connectivity index (χ2n) is 6.88. The van der Waals surface area contributed by atoms with Crippen LogP contribution in [0.25, 0.3) is 0 Å². The molecule has 0 heterocycles. The van der Waals surface area contributed by atoms with E-state index in [0.29, 0.717) is 6.42 Å². The van der Waals surface area contributed by atoms with Crippen LogP contribution in [0.2, 0.25) is 0 Å². The van der Waals surface area contributed by atoms with Crippen molar-refractivity contribution in [3.63, 3.8) is 0 Å². The van der Waals surface area contributed by atoms with Gasteiger partial charge in [0.05, 0.1) is 6.10 Å². The standard InChI is InChI=1S/C25H31NO3/c1-3-10-25(27)26-23(16-15-21-11-6-4-7-12-21)17-18-24(29-20-28-2)19-22-13-8-5-9-14-22/h3-9,11-14,17-18,23-24H,1,10,15-16,19-20H2,2H3,(H,26,27)/b18-17+/t23-,24-/m1/s1. The van der Waals surface area contributed by atoms with Crippen molar-refractivity contribution in [2.75, 3.05) is 13.9 Å². The number of amides is 1.